The largest absolute Gasteiger partial charge is 0.493 e. The lowest BCUT2D eigenvalue weighted by Gasteiger charge is -2.08. The van der Waals surface area contributed by atoms with E-state index in [0.29, 0.717) is 22.8 Å². The second-order valence-corrected chi connectivity index (χ2v) is 6.25. The topological polar surface area (TPSA) is 70.6 Å². The molecule has 0 saturated carbocycles. The number of methoxy groups -OCH3 is 2. The lowest BCUT2D eigenvalue weighted by molar-refractivity contribution is 0.0985. The average molecular weight is 358 g/mol. The van der Waals surface area contributed by atoms with Gasteiger partial charge in [0, 0.05) is 38.1 Å². The van der Waals surface area contributed by atoms with E-state index >= 15 is 0 Å². The summed E-state index contributed by atoms with van der Waals surface area (Å²) in [5.74, 6) is 1.14. The molecule has 0 bridgehead atoms. The molecule has 0 spiro atoms. The molecule has 3 rings (SSSR count). The van der Waals surface area contributed by atoms with Gasteiger partial charge < -0.3 is 18.6 Å². The van der Waals surface area contributed by atoms with Crippen LogP contribution in [-0.2, 0) is 13.6 Å². The Balaban J connectivity index is 2.22. The SMILES string of the molecule is C=CCn1c(=NC(=O)c2nccn2C)sc2cc(OC)c(OC)cc21. The lowest BCUT2D eigenvalue weighted by Crippen LogP contribution is -2.17. The number of benzene rings is 1. The molecule has 8 heteroatoms. The number of carbonyl (C=O) groups excluding carboxylic acids is 1. The number of allylic oxidation sites excluding steroid dienone is 1. The second-order valence-electron chi connectivity index (χ2n) is 5.24. The van der Waals surface area contributed by atoms with Crippen LogP contribution in [0.25, 0.3) is 10.2 Å². The molecule has 0 N–H and O–H groups in total. The van der Waals surface area contributed by atoms with Gasteiger partial charge in [0.05, 0.1) is 24.4 Å². The molecule has 7 nitrogen and oxygen atoms in total. The monoisotopic (exact) mass is 358 g/mol. The number of hydrogen-bond donors (Lipinski definition) is 0. The third kappa shape index (κ3) is 3.08. The van der Waals surface area contributed by atoms with Gasteiger partial charge in [0.1, 0.15) is 0 Å². The average Bonchev–Trinajstić information content (AvgIpc) is 3.17. The molecule has 0 aliphatic rings. The van der Waals surface area contributed by atoms with E-state index in [1.807, 2.05) is 16.7 Å². The van der Waals surface area contributed by atoms with Crippen molar-refractivity contribution in [3.8, 4) is 11.5 Å². The number of thiazole rings is 1. The molecule has 1 aromatic carbocycles. The van der Waals surface area contributed by atoms with E-state index in [4.69, 9.17) is 9.47 Å². The number of rotatable bonds is 5. The van der Waals surface area contributed by atoms with E-state index in [1.165, 1.54) is 11.3 Å². The number of carbonyl (C=O) groups is 1. The van der Waals surface area contributed by atoms with Crippen molar-refractivity contribution in [2.24, 2.45) is 12.0 Å². The predicted molar refractivity (Wildman–Crippen MR) is 96.2 cm³/mol. The molecule has 2 heterocycles. The van der Waals surface area contributed by atoms with E-state index < -0.39 is 5.91 Å². The van der Waals surface area contributed by atoms with Gasteiger partial charge in [0.2, 0.25) is 5.82 Å². The standard InChI is InChI=1S/C17H18N4O3S/c1-5-7-21-11-9-12(23-3)13(24-4)10-14(11)25-17(21)19-16(22)15-18-6-8-20(15)2/h5-6,8-10H,1,7H2,2-4H3. The third-order valence-corrected chi connectivity index (χ3v) is 4.75. The van der Waals surface area contributed by atoms with E-state index in [2.05, 4.69) is 16.6 Å². The van der Waals surface area contributed by atoms with Gasteiger partial charge in [-0.05, 0) is 0 Å². The zero-order valence-electron chi connectivity index (χ0n) is 14.2. The smallest absolute Gasteiger partial charge is 0.315 e. The van der Waals surface area contributed by atoms with Crippen molar-refractivity contribution in [3.05, 3.63) is 47.8 Å². The van der Waals surface area contributed by atoms with E-state index in [-0.39, 0.29) is 5.82 Å². The zero-order valence-corrected chi connectivity index (χ0v) is 15.0. The Morgan fingerprint density at radius 2 is 2.08 bits per heavy atom. The van der Waals surface area contributed by atoms with Crippen LogP contribution in [0.1, 0.15) is 10.6 Å². The molecule has 0 atom stereocenters. The first-order valence-electron chi connectivity index (χ1n) is 7.51. The van der Waals surface area contributed by atoms with Crippen LogP contribution in [0.3, 0.4) is 0 Å². The minimum atomic E-state index is -0.393. The molecule has 0 saturated heterocycles. The molecule has 3 aromatic rings. The van der Waals surface area contributed by atoms with Gasteiger partial charge in [-0.3, -0.25) is 4.79 Å². The summed E-state index contributed by atoms with van der Waals surface area (Å²) in [7, 11) is 4.93. The summed E-state index contributed by atoms with van der Waals surface area (Å²) in [6, 6.07) is 3.75. The summed E-state index contributed by atoms with van der Waals surface area (Å²) >= 11 is 1.40. The van der Waals surface area contributed by atoms with Crippen LogP contribution in [0, 0.1) is 0 Å². The fourth-order valence-electron chi connectivity index (χ4n) is 2.50. The Bertz CT molecular complexity index is 1010. The van der Waals surface area contributed by atoms with Gasteiger partial charge in [0.25, 0.3) is 0 Å². The van der Waals surface area contributed by atoms with E-state index in [9.17, 15) is 4.79 Å². The Morgan fingerprint density at radius 3 is 2.68 bits per heavy atom. The molecule has 130 valence electrons. The lowest BCUT2D eigenvalue weighted by atomic mass is 10.3. The van der Waals surface area contributed by atoms with Crippen molar-refractivity contribution in [3.63, 3.8) is 0 Å². The first kappa shape index (κ1) is 17.0. The molecule has 0 unspecified atom stereocenters. The van der Waals surface area contributed by atoms with Crippen LogP contribution in [-0.4, -0.2) is 34.2 Å². The van der Waals surface area contributed by atoms with Gasteiger partial charge in [-0.1, -0.05) is 17.4 Å². The highest BCUT2D eigenvalue weighted by atomic mass is 32.1. The maximum absolute atomic E-state index is 12.4. The van der Waals surface area contributed by atoms with Crippen LogP contribution in [0.15, 0.2) is 42.2 Å². The van der Waals surface area contributed by atoms with Crippen LogP contribution in [0.5, 0.6) is 11.5 Å². The molecule has 2 aromatic heterocycles. The third-order valence-electron chi connectivity index (χ3n) is 3.71. The zero-order chi connectivity index (χ0) is 18.0. The summed E-state index contributed by atoms with van der Waals surface area (Å²) in [6.07, 6.45) is 5.04. The number of imidazole rings is 1. The van der Waals surface area contributed by atoms with Crippen molar-refractivity contribution in [2.45, 2.75) is 6.54 Å². The van der Waals surface area contributed by atoms with Crippen LogP contribution < -0.4 is 14.3 Å². The summed E-state index contributed by atoms with van der Waals surface area (Å²) < 4.78 is 15.2. The van der Waals surface area contributed by atoms with Crippen LogP contribution in [0.2, 0.25) is 0 Å². The van der Waals surface area contributed by atoms with Crippen molar-refractivity contribution in [1.29, 1.82) is 0 Å². The Morgan fingerprint density at radius 1 is 1.36 bits per heavy atom. The summed E-state index contributed by atoms with van der Waals surface area (Å²) in [5, 5.41) is 0. The fraction of sp³-hybridized carbons (Fsp3) is 0.235. The first-order chi connectivity index (χ1) is 12.1. The number of nitrogens with zero attached hydrogens (tertiary/aromatic N) is 4. The molecule has 1 amide bonds. The van der Waals surface area contributed by atoms with Gasteiger partial charge >= 0.3 is 5.91 Å². The molecule has 0 aliphatic heterocycles. The molecule has 0 aliphatic carbocycles. The predicted octanol–water partition coefficient (Wildman–Crippen LogP) is 2.38. The fourth-order valence-corrected chi connectivity index (χ4v) is 3.54. The Hall–Kier alpha value is -2.87. The summed E-state index contributed by atoms with van der Waals surface area (Å²) in [4.78, 5) is 21.3. The molecule has 0 fully saturated rings. The van der Waals surface area contributed by atoms with E-state index in [0.717, 1.165) is 10.2 Å². The minimum absolute atomic E-state index is 0.290. The quantitative estimate of drug-likeness (QED) is 0.657. The Labute approximate surface area is 148 Å². The van der Waals surface area contributed by atoms with E-state index in [1.54, 1.807) is 44.3 Å². The van der Waals surface area contributed by atoms with Crippen molar-refractivity contribution in [1.82, 2.24) is 14.1 Å². The maximum atomic E-state index is 12.4. The summed E-state index contributed by atoms with van der Waals surface area (Å²) in [6.45, 7) is 4.30. The Kier molecular flexibility index (Phi) is 4.71. The number of aromatic nitrogens is 3. The van der Waals surface area contributed by atoms with Crippen LogP contribution >= 0.6 is 11.3 Å². The number of ether oxygens (including phenoxy) is 2. The normalized spacial score (nSPS) is 11.7. The molecular weight excluding hydrogens is 340 g/mol. The number of fused-ring (bicyclic) bond motifs is 1. The van der Waals surface area contributed by atoms with Crippen molar-refractivity contribution < 1.29 is 14.3 Å². The van der Waals surface area contributed by atoms with Gasteiger partial charge in [-0.2, -0.15) is 4.99 Å². The van der Waals surface area contributed by atoms with Gasteiger partial charge in [0.15, 0.2) is 16.3 Å². The molecule has 0 radical (unpaired) electrons. The van der Waals surface area contributed by atoms with Crippen molar-refractivity contribution >= 4 is 27.5 Å². The highest BCUT2D eigenvalue weighted by Gasteiger charge is 2.14. The number of aryl methyl sites for hydroxylation is 1. The minimum Gasteiger partial charge on any atom is -0.493 e. The second kappa shape index (κ2) is 6.94. The highest BCUT2D eigenvalue weighted by molar-refractivity contribution is 7.16. The highest BCUT2D eigenvalue weighted by Crippen LogP contribution is 2.33. The van der Waals surface area contributed by atoms with Crippen LogP contribution in [0.4, 0.5) is 0 Å². The molecule has 25 heavy (non-hydrogen) atoms. The molecular formula is C17H18N4O3S. The maximum Gasteiger partial charge on any atom is 0.315 e. The van der Waals surface area contributed by atoms with Gasteiger partial charge in [-0.15, -0.1) is 6.58 Å². The summed E-state index contributed by atoms with van der Waals surface area (Å²) in [5.41, 5.74) is 0.897. The van der Waals surface area contributed by atoms with Crippen molar-refractivity contribution in [2.75, 3.05) is 14.2 Å². The number of hydrogen-bond acceptors (Lipinski definition) is 5. The van der Waals surface area contributed by atoms with Gasteiger partial charge in [-0.25, -0.2) is 4.98 Å². The number of amides is 1. The first-order valence-corrected chi connectivity index (χ1v) is 8.33.